The summed E-state index contributed by atoms with van der Waals surface area (Å²) in [7, 11) is -0.939. The number of benzene rings is 1. The van der Waals surface area contributed by atoms with Crippen LogP contribution in [0.25, 0.3) is 0 Å². The van der Waals surface area contributed by atoms with E-state index in [1.807, 2.05) is 0 Å². The topological polar surface area (TPSA) is 97.4 Å². The summed E-state index contributed by atoms with van der Waals surface area (Å²) in [5, 5.41) is 2.92. The minimum Gasteiger partial charge on any atom is -0.493 e. The summed E-state index contributed by atoms with van der Waals surface area (Å²) in [6.45, 7) is 9.37. The second kappa shape index (κ2) is 11.5. The number of likely N-dealkylation sites (tertiary alicyclic amines) is 1. The average Bonchev–Trinajstić information content (AvgIpc) is 2.80. The van der Waals surface area contributed by atoms with Crippen LogP contribution in [0.1, 0.15) is 37.0 Å². The Hall–Kier alpha value is -1.88. The fourth-order valence-electron chi connectivity index (χ4n) is 4.77. The van der Waals surface area contributed by atoms with Gasteiger partial charge in [0.15, 0.2) is 11.5 Å². The summed E-state index contributed by atoms with van der Waals surface area (Å²) in [5.41, 5.74) is 0.143. The molecule has 2 unspecified atom stereocenters. The zero-order valence-corrected chi connectivity index (χ0v) is 20.9. The normalized spacial score (nSPS) is 22.7. The Bertz CT molecular complexity index is 907. The van der Waals surface area contributed by atoms with Crippen LogP contribution >= 0.6 is 0 Å². The monoisotopic (exact) mass is 483 g/mol. The highest BCUT2D eigenvalue weighted by molar-refractivity contribution is 7.89. The Morgan fingerprint density at radius 1 is 1.12 bits per heavy atom. The summed E-state index contributed by atoms with van der Waals surface area (Å²) >= 11 is 0. The van der Waals surface area contributed by atoms with Crippen molar-refractivity contribution in [2.75, 3.05) is 66.7 Å². The molecule has 2 saturated heterocycles. The first kappa shape index (κ1) is 25.7. The summed E-state index contributed by atoms with van der Waals surface area (Å²) < 4.78 is 43.7. The first-order chi connectivity index (χ1) is 15.8. The number of carbonyl (C=O) groups excluding carboxylic acids is 1. The van der Waals surface area contributed by atoms with E-state index in [0.717, 1.165) is 26.1 Å². The van der Waals surface area contributed by atoms with Crippen molar-refractivity contribution in [3.05, 3.63) is 17.7 Å². The van der Waals surface area contributed by atoms with Gasteiger partial charge < -0.3 is 24.4 Å². The van der Waals surface area contributed by atoms with Gasteiger partial charge in [-0.05, 0) is 37.3 Å². The van der Waals surface area contributed by atoms with E-state index in [4.69, 9.17) is 14.2 Å². The first-order valence-corrected chi connectivity index (χ1v) is 13.0. The fourth-order valence-corrected chi connectivity index (χ4v) is 6.22. The molecule has 0 aromatic heterocycles. The minimum absolute atomic E-state index is 0.00323. The standard InChI is InChI=1S/C23H37N3O6S/c1-17-12-18(2)16-25(15-17)7-5-6-24-23(27)20-13-19(14-21(30-3)22(20)31-4)33(28,29)26-8-10-32-11-9-26/h13-14,17-18H,5-12,15-16H2,1-4H3,(H,24,27). The number of amides is 1. The van der Waals surface area contributed by atoms with Gasteiger partial charge in [-0.2, -0.15) is 4.31 Å². The highest BCUT2D eigenvalue weighted by atomic mass is 32.2. The molecule has 33 heavy (non-hydrogen) atoms. The van der Waals surface area contributed by atoms with Crippen LogP contribution in [-0.2, 0) is 14.8 Å². The molecule has 3 rings (SSSR count). The van der Waals surface area contributed by atoms with E-state index in [2.05, 4.69) is 24.1 Å². The minimum atomic E-state index is -3.79. The lowest BCUT2D eigenvalue weighted by molar-refractivity contribution is 0.0730. The number of hydrogen-bond donors (Lipinski definition) is 1. The molecule has 2 aliphatic heterocycles. The van der Waals surface area contributed by atoms with E-state index < -0.39 is 10.0 Å². The van der Waals surface area contributed by atoms with E-state index >= 15 is 0 Å². The third kappa shape index (κ3) is 6.38. The number of nitrogens with zero attached hydrogens (tertiary/aromatic N) is 2. The molecule has 1 aromatic rings. The number of rotatable bonds is 9. The SMILES string of the molecule is COc1cc(S(=O)(=O)N2CCOCC2)cc(C(=O)NCCCN2CC(C)CC(C)C2)c1OC. The molecule has 0 radical (unpaired) electrons. The molecule has 186 valence electrons. The molecule has 2 aliphatic rings. The van der Waals surface area contributed by atoms with Gasteiger partial charge >= 0.3 is 0 Å². The molecule has 2 heterocycles. The van der Waals surface area contributed by atoms with Gasteiger partial charge in [-0.1, -0.05) is 13.8 Å². The van der Waals surface area contributed by atoms with Crippen LogP contribution in [0.3, 0.4) is 0 Å². The highest BCUT2D eigenvalue weighted by Crippen LogP contribution is 2.35. The molecule has 0 aliphatic carbocycles. The number of ether oxygens (including phenoxy) is 3. The van der Waals surface area contributed by atoms with Gasteiger partial charge in [0.05, 0.1) is 37.9 Å². The maximum Gasteiger partial charge on any atom is 0.255 e. The maximum absolute atomic E-state index is 13.2. The third-order valence-electron chi connectivity index (χ3n) is 6.19. The van der Waals surface area contributed by atoms with Gasteiger partial charge in [0, 0.05) is 38.8 Å². The fraction of sp³-hybridized carbons (Fsp3) is 0.696. The van der Waals surface area contributed by atoms with Gasteiger partial charge in [-0.3, -0.25) is 4.79 Å². The number of sulfonamides is 1. The second-order valence-corrected chi connectivity index (χ2v) is 11.0. The molecule has 10 heteroatoms. The van der Waals surface area contributed by atoms with Crippen molar-refractivity contribution in [1.29, 1.82) is 0 Å². The molecule has 1 N–H and O–H groups in total. The van der Waals surface area contributed by atoms with Crippen molar-refractivity contribution in [3.63, 3.8) is 0 Å². The molecule has 0 spiro atoms. The van der Waals surface area contributed by atoms with Crippen LogP contribution in [0.15, 0.2) is 17.0 Å². The van der Waals surface area contributed by atoms with Crippen LogP contribution in [-0.4, -0.2) is 90.2 Å². The van der Waals surface area contributed by atoms with Gasteiger partial charge in [0.2, 0.25) is 10.0 Å². The van der Waals surface area contributed by atoms with Crippen molar-refractivity contribution >= 4 is 15.9 Å². The molecular weight excluding hydrogens is 446 g/mol. The van der Waals surface area contributed by atoms with E-state index in [-0.39, 0.29) is 41.0 Å². The number of morpholine rings is 1. The molecule has 0 bridgehead atoms. The predicted molar refractivity (Wildman–Crippen MR) is 125 cm³/mol. The quantitative estimate of drug-likeness (QED) is 0.535. The largest absolute Gasteiger partial charge is 0.493 e. The number of methoxy groups -OCH3 is 2. The van der Waals surface area contributed by atoms with E-state index in [1.54, 1.807) is 0 Å². The first-order valence-electron chi connectivity index (χ1n) is 11.6. The molecule has 0 saturated carbocycles. The van der Waals surface area contributed by atoms with Crippen LogP contribution in [0.2, 0.25) is 0 Å². The zero-order valence-electron chi connectivity index (χ0n) is 20.1. The van der Waals surface area contributed by atoms with Crippen molar-refractivity contribution in [2.24, 2.45) is 11.8 Å². The lowest BCUT2D eigenvalue weighted by Gasteiger charge is -2.34. The number of piperidine rings is 1. The molecule has 2 fully saturated rings. The summed E-state index contributed by atoms with van der Waals surface area (Å²) in [6.07, 6.45) is 2.08. The maximum atomic E-state index is 13.2. The van der Waals surface area contributed by atoms with Crippen molar-refractivity contribution in [2.45, 2.75) is 31.6 Å². The van der Waals surface area contributed by atoms with Crippen LogP contribution in [0, 0.1) is 11.8 Å². The molecular formula is C23H37N3O6S. The number of carbonyl (C=O) groups is 1. The van der Waals surface area contributed by atoms with Gasteiger partial charge in [0.1, 0.15) is 0 Å². The number of hydrogen-bond acceptors (Lipinski definition) is 7. The summed E-state index contributed by atoms with van der Waals surface area (Å²) in [5.74, 6) is 1.42. The highest BCUT2D eigenvalue weighted by Gasteiger charge is 2.30. The van der Waals surface area contributed by atoms with Crippen molar-refractivity contribution < 1.29 is 27.4 Å². The van der Waals surface area contributed by atoms with Crippen LogP contribution in [0.4, 0.5) is 0 Å². The molecule has 2 atom stereocenters. The molecule has 1 aromatic carbocycles. The van der Waals surface area contributed by atoms with E-state index in [1.165, 1.54) is 37.1 Å². The van der Waals surface area contributed by atoms with Gasteiger partial charge in [-0.15, -0.1) is 0 Å². The number of nitrogens with one attached hydrogen (secondary N) is 1. The Morgan fingerprint density at radius 2 is 1.79 bits per heavy atom. The van der Waals surface area contributed by atoms with Crippen molar-refractivity contribution in [1.82, 2.24) is 14.5 Å². The predicted octanol–water partition coefficient (Wildman–Crippen LogP) is 1.82. The smallest absolute Gasteiger partial charge is 0.255 e. The van der Waals surface area contributed by atoms with E-state index in [0.29, 0.717) is 31.6 Å². The van der Waals surface area contributed by atoms with Crippen LogP contribution < -0.4 is 14.8 Å². The average molecular weight is 484 g/mol. The van der Waals surface area contributed by atoms with Gasteiger partial charge in [-0.25, -0.2) is 8.42 Å². The zero-order chi connectivity index (χ0) is 24.0. The summed E-state index contributed by atoms with van der Waals surface area (Å²) in [6, 6.07) is 2.77. The van der Waals surface area contributed by atoms with Crippen molar-refractivity contribution in [3.8, 4) is 11.5 Å². The Balaban J connectivity index is 1.71. The lowest BCUT2D eigenvalue weighted by atomic mass is 9.92. The summed E-state index contributed by atoms with van der Waals surface area (Å²) in [4.78, 5) is 15.5. The second-order valence-electron chi connectivity index (χ2n) is 9.04. The third-order valence-corrected chi connectivity index (χ3v) is 8.06. The van der Waals surface area contributed by atoms with E-state index in [9.17, 15) is 13.2 Å². The molecule has 1 amide bonds. The van der Waals surface area contributed by atoms with Gasteiger partial charge in [0.25, 0.3) is 5.91 Å². The Morgan fingerprint density at radius 3 is 2.39 bits per heavy atom. The molecule has 9 nitrogen and oxygen atoms in total. The lowest BCUT2D eigenvalue weighted by Crippen LogP contribution is -2.40. The Kier molecular flexibility index (Phi) is 8.97. The van der Waals surface area contributed by atoms with Crippen LogP contribution in [0.5, 0.6) is 11.5 Å². The Labute approximate surface area is 197 Å².